The van der Waals surface area contributed by atoms with Gasteiger partial charge < -0.3 is 20.1 Å². The van der Waals surface area contributed by atoms with Crippen LogP contribution in [0.5, 0.6) is 5.75 Å². The molecule has 0 saturated carbocycles. The molecule has 0 fully saturated rings. The number of hydrogen-bond acceptors (Lipinski definition) is 3. The average molecular weight is 335 g/mol. The van der Waals surface area contributed by atoms with Crippen LogP contribution in [0.4, 0.5) is 0 Å². The first-order valence-electron chi connectivity index (χ1n) is 8.99. The first-order chi connectivity index (χ1) is 11.7. The molecule has 0 heterocycles. The van der Waals surface area contributed by atoms with E-state index in [9.17, 15) is 5.11 Å². The summed E-state index contributed by atoms with van der Waals surface area (Å²) in [5, 5.41) is 12.5. The van der Waals surface area contributed by atoms with Gasteiger partial charge in [0.1, 0.15) is 12.4 Å². The standard InChI is InChI=1S/C19H33N3O2/c1-4-9-17(12-14-23)16-21-19(20-5-2)22(3)13-15-24-18-10-7-6-8-11-18/h6-8,10-11,17,23H,4-5,9,12-16H2,1-3H3,(H,20,21). The lowest BCUT2D eigenvalue weighted by Gasteiger charge is -2.23. The molecule has 0 aliphatic heterocycles. The van der Waals surface area contributed by atoms with E-state index in [1.54, 1.807) is 0 Å². The molecule has 0 aliphatic carbocycles. The minimum Gasteiger partial charge on any atom is -0.492 e. The van der Waals surface area contributed by atoms with E-state index in [4.69, 9.17) is 9.73 Å². The summed E-state index contributed by atoms with van der Waals surface area (Å²) in [6.45, 7) is 7.44. The van der Waals surface area contributed by atoms with Crippen molar-refractivity contribution in [2.75, 3.05) is 39.9 Å². The van der Waals surface area contributed by atoms with Crippen LogP contribution in [0.15, 0.2) is 35.3 Å². The quantitative estimate of drug-likeness (QED) is 0.482. The molecule has 1 unspecified atom stereocenters. The molecule has 0 saturated heterocycles. The molecule has 1 aromatic rings. The van der Waals surface area contributed by atoms with Gasteiger partial charge in [-0.15, -0.1) is 0 Å². The maximum Gasteiger partial charge on any atom is 0.193 e. The van der Waals surface area contributed by atoms with Crippen molar-refractivity contribution < 1.29 is 9.84 Å². The van der Waals surface area contributed by atoms with Crippen LogP contribution in [-0.2, 0) is 0 Å². The second-order valence-corrected chi connectivity index (χ2v) is 5.94. The Labute approximate surface area is 146 Å². The number of likely N-dealkylation sites (N-methyl/N-ethyl adjacent to an activating group) is 1. The predicted octanol–water partition coefficient (Wildman–Crippen LogP) is 2.76. The lowest BCUT2D eigenvalue weighted by atomic mass is 10.0. The normalized spacial score (nSPS) is 12.8. The molecule has 0 amide bonds. The van der Waals surface area contributed by atoms with Gasteiger partial charge in [0.2, 0.25) is 0 Å². The van der Waals surface area contributed by atoms with Gasteiger partial charge in [0.05, 0.1) is 6.54 Å². The molecule has 136 valence electrons. The highest BCUT2D eigenvalue weighted by Gasteiger charge is 2.10. The summed E-state index contributed by atoms with van der Waals surface area (Å²) in [4.78, 5) is 6.83. The monoisotopic (exact) mass is 335 g/mol. The van der Waals surface area contributed by atoms with Gasteiger partial charge in [0.15, 0.2) is 5.96 Å². The summed E-state index contributed by atoms with van der Waals surface area (Å²) in [5.41, 5.74) is 0. The van der Waals surface area contributed by atoms with Crippen LogP contribution >= 0.6 is 0 Å². The van der Waals surface area contributed by atoms with E-state index in [-0.39, 0.29) is 6.61 Å². The highest BCUT2D eigenvalue weighted by Crippen LogP contribution is 2.11. The van der Waals surface area contributed by atoms with Crippen LogP contribution < -0.4 is 10.1 Å². The molecule has 0 aromatic heterocycles. The van der Waals surface area contributed by atoms with Gasteiger partial charge in [-0.05, 0) is 37.8 Å². The molecular formula is C19H33N3O2. The fraction of sp³-hybridized carbons (Fsp3) is 0.632. The molecule has 2 N–H and O–H groups in total. The minimum atomic E-state index is 0.234. The van der Waals surface area contributed by atoms with E-state index in [0.717, 1.165) is 50.6 Å². The fourth-order valence-corrected chi connectivity index (χ4v) is 2.53. The van der Waals surface area contributed by atoms with Crippen molar-refractivity contribution in [1.29, 1.82) is 0 Å². The number of aliphatic imine (C=N–C) groups is 1. The van der Waals surface area contributed by atoms with Crippen molar-refractivity contribution >= 4 is 5.96 Å². The van der Waals surface area contributed by atoms with Gasteiger partial charge in [0, 0.05) is 26.7 Å². The Kier molecular flexibility index (Phi) is 10.7. The SMILES string of the molecule is CCCC(CCO)CN=C(NCC)N(C)CCOc1ccccc1. The average Bonchev–Trinajstić information content (AvgIpc) is 2.59. The predicted molar refractivity (Wildman–Crippen MR) is 101 cm³/mol. The van der Waals surface area contributed by atoms with Gasteiger partial charge in [0.25, 0.3) is 0 Å². The zero-order valence-electron chi connectivity index (χ0n) is 15.4. The summed E-state index contributed by atoms with van der Waals surface area (Å²) in [5.74, 6) is 2.23. The largest absolute Gasteiger partial charge is 0.492 e. The molecule has 24 heavy (non-hydrogen) atoms. The number of aliphatic hydroxyl groups excluding tert-OH is 1. The molecule has 1 rings (SSSR count). The lowest BCUT2D eigenvalue weighted by Crippen LogP contribution is -2.41. The zero-order valence-corrected chi connectivity index (χ0v) is 15.4. The van der Waals surface area contributed by atoms with Crippen molar-refractivity contribution in [3.05, 3.63) is 30.3 Å². The Bertz CT molecular complexity index is 445. The van der Waals surface area contributed by atoms with E-state index < -0.39 is 0 Å². The second kappa shape index (κ2) is 12.6. The summed E-state index contributed by atoms with van der Waals surface area (Å²) in [7, 11) is 2.02. The Hall–Kier alpha value is -1.75. The van der Waals surface area contributed by atoms with Crippen LogP contribution in [0.1, 0.15) is 33.1 Å². The highest BCUT2D eigenvalue weighted by atomic mass is 16.5. The number of nitrogens with one attached hydrogen (secondary N) is 1. The molecule has 0 aliphatic rings. The van der Waals surface area contributed by atoms with Crippen molar-refractivity contribution in [1.82, 2.24) is 10.2 Å². The number of benzene rings is 1. The Morgan fingerprint density at radius 2 is 2.00 bits per heavy atom. The number of aliphatic hydroxyl groups is 1. The molecule has 1 aromatic carbocycles. The van der Waals surface area contributed by atoms with Crippen LogP contribution in [-0.4, -0.2) is 55.9 Å². The molecule has 5 heteroatoms. The van der Waals surface area contributed by atoms with Crippen LogP contribution in [0.25, 0.3) is 0 Å². The molecule has 5 nitrogen and oxygen atoms in total. The van der Waals surface area contributed by atoms with Crippen LogP contribution in [0, 0.1) is 5.92 Å². The molecule has 0 radical (unpaired) electrons. The van der Waals surface area contributed by atoms with Gasteiger partial charge >= 0.3 is 0 Å². The first-order valence-corrected chi connectivity index (χ1v) is 8.99. The summed E-state index contributed by atoms with van der Waals surface area (Å²) in [6.07, 6.45) is 3.04. The Balaban J connectivity index is 2.50. The third-order valence-corrected chi connectivity index (χ3v) is 3.87. The number of hydrogen-bond donors (Lipinski definition) is 2. The number of nitrogens with zero attached hydrogens (tertiary/aromatic N) is 2. The third kappa shape index (κ3) is 8.20. The fourth-order valence-electron chi connectivity index (χ4n) is 2.53. The van der Waals surface area contributed by atoms with Crippen molar-refractivity contribution in [2.45, 2.75) is 33.1 Å². The second-order valence-electron chi connectivity index (χ2n) is 5.94. The molecule has 0 bridgehead atoms. The summed E-state index contributed by atoms with van der Waals surface area (Å²) >= 11 is 0. The molecule has 1 atom stereocenters. The van der Waals surface area contributed by atoms with Gasteiger partial charge in [-0.1, -0.05) is 31.5 Å². The van der Waals surface area contributed by atoms with E-state index in [1.165, 1.54) is 0 Å². The van der Waals surface area contributed by atoms with Crippen molar-refractivity contribution in [3.63, 3.8) is 0 Å². The van der Waals surface area contributed by atoms with Gasteiger partial charge in [-0.25, -0.2) is 0 Å². The number of ether oxygens (including phenoxy) is 1. The van der Waals surface area contributed by atoms with E-state index in [1.807, 2.05) is 37.4 Å². The van der Waals surface area contributed by atoms with Gasteiger partial charge in [-0.2, -0.15) is 0 Å². The van der Waals surface area contributed by atoms with E-state index >= 15 is 0 Å². The third-order valence-electron chi connectivity index (χ3n) is 3.87. The summed E-state index contributed by atoms with van der Waals surface area (Å²) < 4.78 is 5.75. The van der Waals surface area contributed by atoms with Crippen molar-refractivity contribution in [3.8, 4) is 5.75 Å². The zero-order chi connectivity index (χ0) is 17.6. The Morgan fingerprint density at radius 1 is 1.25 bits per heavy atom. The highest BCUT2D eigenvalue weighted by molar-refractivity contribution is 5.79. The smallest absolute Gasteiger partial charge is 0.193 e. The maximum atomic E-state index is 9.17. The minimum absolute atomic E-state index is 0.234. The van der Waals surface area contributed by atoms with Crippen LogP contribution in [0.3, 0.4) is 0 Å². The number of guanidine groups is 1. The topological polar surface area (TPSA) is 57.1 Å². The van der Waals surface area contributed by atoms with Crippen molar-refractivity contribution in [2.24, 2.45) is 10.9 Å². The number of para-hydroxylation sites is 1. The Morgan fingerprint density at radius 3 is 2.62 bits per heavy atom. The van der Waals surface area contributed by atoms with Crippen LogP contribution in [0.2, 0.25) is 0 Å². The number of rotatable bonds is 11. The van der Waals surface area contributed by atoms with E-state index in [0.29, 0.717) is 12.5 Å². The molecule has 0 spiro atoms. The molecular weight excluding hydrogens is 302 g/mol. The summed E-state index contributed by atoms with van der Waals surface area (Å²) in [6, 6.07) is 9.85. The lowest BCUT2D eigenvalue weighted by molar-refractivity contribution is 0.253. The van der Waals surface area contributed by atoms with E-state index in [2.05, 4.69) is 24.1 Å². The first kappa shape index (κ1) is 20.3. The van der Waals surface area contributed by atoms with Gasteiger partial charge in [-0.3, -0.25) is 4.99 Å². The maximum absolute atomic E-state index is 9.17.